The van der Waals surface area contributed by atoms with E-state index in [1.165, 1.54) is 44.2 Å². The molecule has 1 heteroatoms. The van der Waals surface area contributed by atoms with E-state index < -0.39 is 0 Å². The van der Waals surface area contributed by atoms with Gasteiger partial charge in [-0.25, -0.2) is 0 Å². The number of benzene rings is 1. The molecule has 1 nitrogen and oxygen atoms in total. The second-order valence-electron chi connectivity index (χ2n) is 5.72. The first kappa shape index (κ1) is 11.3. The molecule has 0 amide bonds. The third-order valence-electron chi connectivity index (χ3n) is 4.67. The summed E-state index contributed by atoms with van der Waals surface area (Å²) in [4.78, 5) is 2.81. The molecule has 1 aromatic carbocycles. The van der Waals surface area contributed by atoms with E-state index in [1.54, 1.807) is 0 Å². The summed E-state index contributed by atoms with van der Waals surface area (Å²) < 4.78 is 0. The van der Waals surface area contributed by atoms with E-state index in [0.717, 1.165) is 18.0 Å². The van der Waals surface area contributed by atoms with Gasteiger partial charge in [-0.05, 0) is 43.7 Å². The maximum Gasteiger partial charge on any atom is 0.0142 e. The molecule has 3 rings (SSSR count). The molecule has 2 bridgehead atoms. The maximum absolute atomic E-state index is 2.81. The fourth-order valence-electron chi connectivity index (χ4n) is 3.94. The quantitative estimate of drug-likeness (QED) is 0.764. The van der Waals surface area contributed by atoms with Crippen LogP contribution in [0.1, 0.15) is 38.2 Å². The standard InChI is InChI=1S/C16H23N/c1-2-6-16-14-9-10-17(16)15(12-14)11-13-7-4-3-5-8-13/h3-5,7-8,14-16H,2,6,9-12H2,1H3. The molecule has 0 aromatic heterocycles. The van der Waals surface area contributed by atoms with Crippen LogP contribution in [0.2, 0.25) is 0 Å². The lowest BCUT2D eigenvalue weighted by Gasteiger charge is -2.27. The van der Waals surface area contributed by atoms with Gasteiger partial charge in [0.1, 0.15) is 0 Å². The van der Waals surface area contributed by atoms with Gasteiger partial charge in [-0.2, -0.15) is 0 Å². The zero-order valence-electron chi connectivity index (χ0n) is 10.8. The van der Waals surface area contributed by atoms with Gasteiger partial charge in [-0.3, -0.25) is 4.90 Å². The highest BCUT2D eigenvalue weighted by atomic mass is 15.2. The molecule has 0 aliphatic carbocycles. The Morgan fingerprint density at radius 1 is 1.24 bits per heavy atom. The van der Waals surface area contributed by atoms with E-state index in [4.69, 9.17) is 0 Å². The molecule has 0 saturated carbocycles. The Morgan fingerprint density at radius 3 is 2.82 bits per heavy atom. The first-order chi connectivity index (χ1) is 8.38. The summed E-state index contributed by atoms with van der Waals surface area (Å²) in [5.74, 6) is 1.00. The van der Waals surface area contributed by atoms with E-state index in [-0.39, 0.29) is 0 Å². The van der Waals surface area contributed by atoms with Crippen LogP contribution in [0.3, 0.4) is 0 Å². The fraction of sp³-hybridized carbons (Fsp3) is 0.625. The minimum absolute atomic E-state index is 0.827. The number of fused-ring (bicyclic) bond motifs is 2. The molecule has 0 radical (unpaired) electrons. The molecule has 2 aliphatic heterocycles. The largest absolute Gasteiger partial charge is 0.297 e. The average Bonchev–Trinajstić information content (AvgIpc) is 2.88. The molecule has 2 saturated heterocycles. The van der Waals surface area contributed by atoms with Gasteiger partial charge in [0.25, 0.3) is 0 Å². The number of hydrogen-bond donors (Lipinski definition) is 0. The summed E-state index contributed by atoms with van der Waals surface area (Å²) in [6, 6.07) is 12.7. The van der Waals surface area contributed by atoms with Crippen molar-refractivity contribution in [1.82, 2.24) is 4.90 Å². The van der Waals surface area contributed by atoms with Crippen molar-refractivity contribution < 1.29 is 0 Å². The van der Waals surface area contributed by atoms with Crippen LogP contribution in [0.25, 0.3) is 0 Å². The van der Waals surface area contributed by atoms with Crippen molar-refractivity contribution in [1.29, 1.82) is 0 Å². The summed E-state index contributed by atoms with van der Waals surface area (Å²) >= 11 is 0. The lowest BCUT2D eigenvalue weighted by Crippen LogP contribution is -2.35. The highest BCUT2D eigenvalue weighted by molar-refractivity contribution is 5.17. The van der Waals surface area contributed by atoms with Crippen molar-refractivity contribution in [2.24, 2.45) is 5.92 Å². The molecule has 0 N–H and O–H groups in total. The smallest absolute Gasteiger partial charge is 0.0142 e. The summed E-state index contributed by atoms with van der Waals surface area (Å²) in [5.41, 5.74) is 1.51. The lowest BCUT2D eigenvalue weighted by atomic mass is 9.92. The first-order valence-electron chi connectivity index (χ1n) is 7.18. The van der Waals surface area contributed by atoms with Crippen LogP contribution in [0.5, 0.6) is 0 Å². The van der Waals surface area contributed by atoms with Crippen LogP contribution in [-0.2, 0) is 6.42 Å². The number of piperidine rings is 1. The minimum Gasteiger partial charge on any atom is -0.297 e. The molecular weight excluding hydrogens is 206 g/mol. The predicted molar refractivity (Wildman–Crippen MR) is 72.1 cm³/mol. The second kappa shape index (κ2) is 4.81. The Bertz CT molecular complexity index is 359. The van der Waals surface area contributed by atoms with Crippen molar-refractivity contribution in [3.8, 4) is 0 Å². The van der Waals surface area contributed by atoms with Gasteiger partial charge in [-0.15, -0.1) is 0 Å². The van der Waals surface area contributed by atoms with Gasteiger partial charge >= 0.3 is 0 Å². The molecule has 2 fully saturated rings. The van der Waals surface area contributed by atoms with Crippen molar-refractivity contribution in [2.75, 3.05) is 6.54 Å². The molecule has 4 atom stereocenters. The zero-order valence-corrected chi connectivity index (χ0v) is 10.8. The third-order valence-corrected chi connectivity index (χ3v) is 4.67. The topological polar surface area (TPSA) is 3.24 Å². The maximum atomic E-state index is 2.81. The molecular formula is C16H23N. The highest BCUT2D eigenvalue weighted by Crippen LogP contribution is 2.41. The summed E-state index contributed by atoms with van der Waals surface area (Å²) in [7, 11) is 0. The fourth-order valence-corrected chi connectivity index (χ4v) is 3.94. The summed E-state index contributed by atoms with van der Waals surface area (Å²) in [6.45, 7) is 3.68. The van der Waals surface area contributed by atoms with Crippen molar-refractivity contribution in [2.45, 2.75) is 51.1 Å². The Hall–Kier alpha value is -0.820. The normalized spacial score (nSPS) is 35.4. The van der Waals surface area contributed by atoms with Crippen molar-refractivity contribution >= 4 is 0 Å². The first-order valence-corrected chi connectivity index (χ1v) is 7.18. The van der Waals surface area contributed by atoms with Crippen molar-refractivity contribution in [3.05, 3.63) is 35.9 Å². The van der Waals surface area contributed by atoms with Gasteiger partial charge in [0, 0.05) is 12.1 Å². The van der Waals surface area contributed by atoms with E-state index >= 15 is 0 Å². The Balaban J connectivity index is 1.67. The number of hydrogen-bond acceptors (Lipinski definition) is 1. The third kappa shape index (κ3) is 2.13. The molecule has 1 aromatic rings. The Kier molecular flexibility index (Phi) is 3.19. The van der Waals surface area contributed by atoms with Crippen LogP contribution in [0, 0.1) is 5.92 Å². The lowest BCUT2D eigenvalue weighted by molar-refractivity contribution is 0.212. The van der Waals surface area contributed by atoms with Crippen LogP contribution in [0.4, 0.5) is 0 Å². The second-order valence-corrected chi connectivity index (χ2v) is 5.72. The van der Waals surface area contributed by atoms with E-state index in [0.29, 0.717) is 0 Å². The molecule has 92 valence electrons. The number of rotatable bonds is 4. The molecule has 17 heavy (non-hydrogen) atoms. The van der Waals surface area contributed by atoms with E-state index in [9.17, 15) is 0 Å². The van der Waals surface area contributed by atoms with Gasteiger partial charge < -0.3 is 0 Å². The molecule has 2 heterocycles. The monoisotopic (exact) mass is 229 g/mol. The summed E-state index contributed by atoms with van der Waals surface area (Å²) in [5, 5.41) is 0. The SMILES string of the molecule is CCCC1C2CCN1C(Cc1ccccc1)C2. The van der Waals surface area contributed by atoms with Crippen LogP contribution in [-0.4, -0.2) is 23.5 Å². The van der Waals surface area contributed by atoms with E-state index in [2.05, 4.69) is 42.2 Å². The molecule has 4 unspecified atom stereocenters. The highest BCUT2D eigenvalue weighted by Gasteiger charge is 2.44. The van der Waals surface area contributed by atoms with Crippen molar-refractivity contribution in [3.63, 3.8) is 0 Å². The van der Waals surface area contributed by atoms with Crippen LogP contribution < -0.4 is 0 Å². The predicted octanol–water partition coefficient (Wildman–Crippen LogP) is 3.49. The van der Waals surface area contributed by atoms with Gasteiger partial charge in [0.05, 0.1) is 0 Å². The van der Waals surface area contributed by atoms with Gasteiger partial charge in [0.15, 0.2) is 0 Å². The van der Waals surface area contributed by atoms with Gasteiger partial charge in [-0.1, -0.05) is 43.7 Å². The van der Waals surface area contributed by atoms with Gasteiger partial charge in [0.2, 0.25) is 0 Å². The van der Waals surface area contributed by atoms with E-state index in [1.807, 2.05) is 0 Å². The average molecular weight is 229 g/mol. The van der Waals surface area contributed by atoms with Crippen LogP contribution in [0.15, 0.2) is 30.3 Å². The minimum atomic E-state index is 0.827. The molecule has 0 spiro atoms. The number of nitrogens with zero attached hydrogens (tertiary/aromatic N) is 1. The Morgan fingerprint density at radius 2 is 2.06 bits per heavy atom. The van der Waals surface area contributed by atoms with Crippen LogP contribution >= 0.6 is 0 Å². The Labute approximate surface area is 105 Å². The zero-order chi connectivity index (χ0) is 11.7. The molecule has 2 aliphatic rings. The summed E-state index contributed by atoms with van der Waals surface area (Å²) in [6.07, 6.45) is 6.92.